The first kappa shape index (κ1) is 18.9. The number of allylic oxidation sites excluding steroid dienone is 1. The molecule has 2 rings (SSSR count). The van der Waals surface area contributed by atoms with Crippen LogP contribution in [-0.4, -0.2) is 29.7 Å². The second-order valence-electron chi connectivity index (χ2n) is 8.83. The molecule has 0 unspecified atom stereocenters. The molecule has 1 aliphatic carbocycles. The summed E-state index contributed by atoms with van der Waals surface area (Å²) in [6, 6.07) is 0. The third kappa shape index (κ3) is 5.58. The van der Waals surface area contributed by atoms with Gasteiger partial charge < -0.3 is 9.64 Å². The van der Waals surface area contributed by atoms with Crippen LogP contribution in [0.1, 0.15) is 73.1 Å². The average Bonchev–Trinajstić information content (AvgIpc) is 2.47. The van der Waals surface area contributed by atoms with Gasteiger partial charge in [-0.05, 0) is 46.1 Å². The summed E-state index contributed by atoms with van der Waals surface area (Å²) in [6.45, 7) is 11.5. The lowest BCUT2D eigenvalue weighted by molar-refractivity contribution is 0.0157. The van der Waals surface area contributed by atoms with E-state index >= 15 is 0 Å². The summed E-state index contributed by atoms with van der Waals surface area (Å²) in [4.78, 5) is 14.1. The molecule has 0 N–H and O–H groups in total. The second-order valence-corrected chi connectivity index (χ2v) is 8.83. The Balaban J connectivity index is 1.97. The number of carbonyl (C=O) groups excluding carboxylic acids is 1. The molecule has 1 heterocycles. The van der Waals surface area contributed by atoms with Crippen molar-refractivity contribution in [3.8, 4) is 11.8 Å². The Labute approximate surface area is 147 Å². The van der Waals surface area contributed by atoms with Gasteiger partial charge in [0.15, 0.2) is 0 Å². The number of carbonyl (C=O) groups is 1. The summed E-state index contributed by atoms with van der Waals surface area (Å²) >= 11 is 0. The second kappa shape index (κ2) is 7.64. The van der Waals surface area contributed by atoms with Crippen molar-refractivity contribution < 1.29 is 9.53 Å². The lowest BCUT2D eigenvalue weighted by Crippen LogP contribution is -2.46. The van der Waals surface area contributed by atoms with Crippen LogP contribution < -0.4 is 0 Å². The molecular formula is C21H33NO2. The fourth-order valence-corrected chi connectivity index (χ4v) is 3.49. The van der Waals surface area contributed by atoms with Gasteiger partial charge in [-0.25, -0.2) is 4.79 Å². The molecule has 24 heavy (non-hydrogen) atoms. The number of hydrogen-bond acceptors (Lipinski definition) is 2. The van der Waals surface area contributed by atoms with E-state index in [0.29, 0.717) is 12.5 Å². The largest absolute Gasteiger partial charge is 0.444 e. The van der Waals surface area contributed by atoms with Gasteiger partial charge in [0.2, 0.25) is 0 Å². The smallest absolute Gasteiger partial charge is 0.410 e. The molecule has 1 aliphatic heterocycles. The number of likely N-dealkylation sites (tertiary alicyclic amines) is 1. The highest BCUT2D eigenvalue weighted by atomic mass is 16.6. The summed E-state index contributed by atoms with van der Waals surface area (Å²) < 4.78 is 5.51. The van der Waals surface area contributed by atoms with Gasteiger partial charge in [-0.2, -0.15) is 0 Å². The molecule has 134 valence electrons. The molecule has 2 fully saturated rings. The highest BCUT2D eigenvalue weighted by Crippen LogP contribution is 2.34. The number of nitrogens with zero attached hydrogens (tertiary/aromatic N) is 1. The van der Waals surface area contributed by atoms with E-state index in [2.05, 4.69) is 31.8 Å². The van der Waals surface area contributed by atoms with Crippen LogP contribution >= 0.6 is 0 Å². The molecule has 0 aromatic carbocycles. The van der Waals surface area contributed by atoms with Crippen molar-refractivity contribution in [1.82, 2.24) is 4.90 Å². The van der Waals surface area contributed by atoms with Gasteiger partial charge in [0.25, 0.3) is 0 Å². The Bertz CT molecular complexity index is 536. The first-order chi connectivity index (χ1) is 11.2. The number of ether oxygens (including phenoxy) is 1. The van der Waals surface area contributed by atoms with Gasteiger partial charge in [-0.1, -0.05) is 50.5 Å². The van der Waals surface area contributed by atoms with Crippen LogP contribution in [0.25, 0.3) is 0 Å². The molecule has 0 radical (unpaired) electrons. The Morgan fingerprint density at radius 1 is 1.25 bits per heavy atom. The molecule has 0 bridgehead atoms. The molecule has 0 aromatic rings. The van der Waals surface area contributed by atoms with E-state index in [0.717, 1.165) is 13.0 Å². The van der Waals surface area contributed by atoms with E-state index in [1.54, 1.807) is 0 Å². The molecule has 3 nitrogen and oxygen atoms in total. The van der Waals surface area contributed by atoms with Crippen LogP contribution in [0.5, 0.6) is 0 Å². The summed E-state index contributed by atoms with van der Waals surface area (Å²) in [5, 5.41) is 0. The van der Waals surface area contributed by atoms with Crippen LogP contribution in [0.2, 0.25) is 0 Å². The lowest BCUT2D eigenvalue weighted by atomic mass is 9.79. The van der Waals surface area contributed by atoms with Crippen molar-refractivity contribution in [2.75, 3.05) is 13.1 Å². The number of piperidine rings is 1. The first-order valence-corrected chi connectivity index (χ1v) is 9.36. The Kier molecular flexibility index (Phi) is 6.01. The Morgan fingerprint density at radius 3 is 2.50 bits per heavy atom. The van der Waals surface area contributed by atoms with E-state index < -0.39 is 5.60 Å². The Morgan fingerprint density at radius 2 is 1.92 bits per heavy atom. The Hall–Kier alpha value is -1.43. The fraction of sp³-hybridized carbons (Fsp3) is 0.762. The van der Waals surface area contributed by atoms with Gasteiger partial charge >= 0.3 is 6.09 Å². The minimum atomic E-state index is -0.442. The van der Waals surface area contributed by atoms with Crippen molar-refractivity contribution in [2.45, 2.75) is 78.7 Å². The molecule has 0 atom stereocenters. The fourth-order valence-electron chi connectivity index (χ4n) is 3.49. The van der Waals surface area contributed by atoms with Gasteiger partial charge in [-0.3, -0.25) is 0 Å². The van der Waals surface area contributed by atoms with E-state index in [4.69, 9.17) is 4.74 Å². The normalized spacial score (nSPS) is 23.5. The number of amides is 1. The molecule has 0 spiro atoms. The molecule has 1 amide bonds. The van der Waals surface area contributed by atoms with Crippen LogP contribution in [0, 0.1) is 23.2 Å². The maximum absolute atomic E-state index is 12.3. The highest BCUT2D eigenvalue weighted by Gasteiger charge is 2.34. The van der Waals surface area contributed by atoms with E-state index in [1.807, 2.05) is 25.7 Å². The van der Waals surface area contributed by atoms with E-state index in [9.17, 15) is 4.79 Å². The minimum Gasteiger partial charge on any atom is -0.444 e. The third-order valence-corrected chi connectivity index (χ3v) is 4.90. The summed E-state index contributed by atoms with van der Waals surface area (Å²) in [6.07, 6.45) is 9.32. The van der Waals surface area contributed by atoms with Crippen LogP contribution in [-0.2, 0) is 4.74 Å². The van der Waals surface area contributed by atoms with Crippen molar-refractivity contribution in [1.29, 1.82) is 0 Å². The van der Waals surface area contributed by atoms with Crippen molar-refractivity contribution in [3.05, 3.63) is 11.6 Å². The van der Waals surface area contributed by atoms with Crippen molar-refractivity contribution >= 4 is 6.09 Å². The lowest BCUT2D eigenvalue weighted by Gasteiger charge is -2.40. The zero-order chi connectivity index (χ0) is 17.8. The average molecular weight is 332 g/mol. The highest BCUT2D eigenvalue weighted by molar-refractivity contribution is 5.68. The molecular weight excluding hydrogens is 298 g/mol. The number of hydrogen-bond donors (Lipinski definition) is 0. The zero-order valence-electron chi connectivity index (χ0n) is 16.1. The van der Waals surface area contributed by atoms with E-state index in [-0.39, 0.29) is 11.5 Å². The molecule has 0 aromatic heterocycles. The van der Waals surface area contributed by atoms with E-state index in [1.165, 1.54) is 37.7 Å². The van der Waals surface area contributed by atoms with Gasteiger partial charge in [0.1, 0.15) is 5.60 Å². The van der Waals surface area contributed by atoms with Gasteiger partial charge in [-0.15, -0.1) is 0 Å². The third-order valence-electron chi connectivity index (χ3n) is 4.90. The maximum Gasteiger partial charge on any atom is 0.410 e. The van der Waals surface area contributed by atoms with Crippen LogP contribution in [0.4, 0.5) is 4.79 Å². The standard InChI is InChI=1S/C21H33NO2/c1-20(2,3)24-19(23)22-15-14-18(21(4,5)16-22)13-9-12-17-10-7-6-8-11-17/h13,17H,6-8,10-11,14-16H2,1-5H3/b18-13+. The predicted octanol–water partition coefficient (Wildman–Crippen LogP) is 5.16. The SMILES string of the molecule is CC(C)(C)OC(=O)N1CC/C(=C\C#CC2CCCCC2)C(C)(C)C1. The monoisotopic (exact) mass is 331 g/mol. The summed E-state index contributed by atoms with van der Waals surface area (Å²) in [5.74, 6) is 7.34. The molecule has 2 aliphatic rings. The summed E-state index contributed by atoms with van der Waals surface area (Å²) in [5.41, 5.74) is 0.866. The first-order valence-electron chi connectivity index (χ1n) is 9.36. The van der Waals surface area contributed by atoms with Gasteiger partial charge in [0.05, 0.1) is 0 Å². The van der Waals surface area contributed by atoms with Gasteiger partial charge in [0, 0.05) is 24.4 Å². The minimum absolute atomic E-state index is 0.0452. The molecule has 1 saturated heterocycles. The molecule has 3 heteroatoms. The molecule has 1 saturated carbocycles. The topological polar surface area (TPSA) is 29.5 Å². The predicted molar refractivity (Wildman–Crippen MR) is 98.6 cm³/mol. The van der Waals surface area contributed by atoms with Crippen molar-refractivity contribution in [3.63, 3.8) is 0 Å². The quantitative estimate of drug-likeness (QED) is 0.574. The van der Waals surface area contributed by atoms with Crippen LogP contribution in [0.3, 0.4) is 0 Å². The zero-order valence-corrected chi connectivity index (χ0v) is 16.1. The van der Waals surface area contributed by atoms with Crippen molar-refractivity contribution in [2.24, 2.45) is 11.3 Å². The maximum atomic E-state index is 12.3. The summed E-state index contributed by atoms with van der Waals surface area (Å²) in [7, 11) is 0. The van der Waals surface area contributed by atoms with Crippen LogP contribution in [0.15, 0.2) is 11.6 Å². The number of rotatable bonds is 0.